The van der Waals surface area contributed by atoms with Crippen molar-refractivity contribution in [3.8, 4) is 0 Å². The molecule has 0 aliphatic rings. The minimum absolute atomic E-state index is 0.0269. The van der Waals surface area contributed by atoms with E-state index in [4.69, 9.17) is 18.5 Å². The molecule has 0 aromatic carbocycles. The molecule has 0 fully saturated rings. The van der Waals surface area contributed by atoms with Gasteiger partial charge in [-0.15, -0.1) is 0 Å². The smallest absolute Gasteiger partial charge is 0.305 e. The lowest BCUT2D eigenvalue weighted by Gasteiger charge is -2.28. The summed E-state index contributed by atoms with van der Waals surface area (Å²) in [7, 11) is 1.35. The molecule has 2 unspecified atom stereocenters. The van der Waals surface area contributed by atoms with Gasteiger partial charge in [0.25, 0.3) is 7.82 Å². The van der Waals surface area contributed by atoms with Crippen molar-refractivity contribution in [2.24, 2.45) is 0 Å². The number of hydrogen-bond acceptors (Lipinski definition) is 7. The van der Waals surface area contributed by atoms with Gasteiger partial charge in [0.2, 0.25) is 0 Å². The van der Waals surface area contributed by atoms with Crippen molar-refractivity contribution in [2.45, 2.75) is 103 Å². The van der Waals surface area contributed by atoms with Gasteiger partial charge >= 0.3 is 5.97 Å². The van der Waals surface area contributed by atoms with Crippen LogP contribution in [0.5, 0.6) is 0 Å². The number of nitrogens with zero attached hydrogens (tertiary/aromatic N) is 1. The Kier molecular flexibility index (Phi) is 20.4. The summed E-state index contributed by atoms with van der Waals surface area (Å²) in [4.78, 5) is 23.6. The molecular formula is C25H52NO7P. The number of rotatable bonds is 24. The third kappa shape index (κ3) is 23.3. The van der Waals surface area contributed by atoms with Crippen LogP contribution in [0.15, 0.2) is 0 Å². The number of quaternary nitrogens is 1. The highest BCUT2D eigenvalue weighted by Gasteiger charge is 2.19. The molecule has 0 heterocycles. The minimum Gasteiger partial charge on any atom is -0.756 e. The molecule has 0 radical (unpaired) electrons. The summed E-state index contributed by atoms with van der Waals surface area (Å²) in [5, 5.41) is 0. The summed E-state index contributed by atoms with van der Waals surface area (Å²) in [6.07, 6.45) is 14.7. The number of phosphoric ester groups is 1. The molecule has 0 aliphatic carbocycles. The standard InChI is InChI=1S/C25H52NO7P/c1-6-8-9-10-11-12-13-14-15-16-17-18-20-30-22-24(33-25(27)7-2)23-32-34(28,29)31-21-19-26(3,4)5/h24H,6-23H2,1-5H3. The van der Waals surface area contributed by atoms with Crippen LogP contribution in [0.3, 0.4) is 0 Å². The van der Waals surface area contributed by atoms with E-state index in [2.05, 4.69) is 6.92 Å². The molecule has 0 aliphatic heterocycles. The summed E-state index contributed by atoms with van der Waals surface area (Å²) in [6.45, 7) is 4.81. The second-order valence-corrected chi connectivity index (χ2v) is 11.4. The number of phosphoric acid groups is 1. The summed E-state index contributed by atoms with van der Waals surface area (Å²) in [6, 6.07) is 0. The van der Waals surface area contributed by atoms with Crippen LogP contribution in [0.1, 0.15) is 97.3 Å². The van der Waals surface area contributed by atoms with Gasteiger partial charge in [-0.1, -0.05) is 84.5 Å². The van der Waals surface area contributed by atoms with Gasteiger partial charge in [0.05, 0.1) is 34.4 Å². The Morgan fingerprint density at radius 2 is 1.32 bits per heavy atom. The number of hydrogen-bond donors (Lipinski definition) is 0. The fraction of sp³-hybridized carbons (Fsp3) is 0.960. The van der Waals surface area contributed by atoms with Gasteiger partial charge in [0.1, 0.15) is 19.3 Å². The maximum Gasteiger partial charge on any atom is 0.305 e. The molecule has 0 rings (SSSR count). The number of unbranched alkanes of at least 4 members (excludes halogenated alkanes) is 11. The molecule has 34 heavy (non-hydrogen) atoms. The van der Waals surface area contributed by atoms with Crippen LogP contribution in [-0.4, -0.2) is 70.7 Å². The topological polar surface area (TPSA) is 94.1 Å². The Bertz CT molecular complexity index is 540. The predicted molar refractivity (Wildman–Crippen MR) is 134 cm³/mol. The van der Waals surface area contributed by atoms with E-state index in [-0.39, 0.29) is 26.2 Å². The monoisotopic (exact) mass is 509 g/mol. The predicted octanol–water partition coefficient (Wildman–Crippen LogP) is 5.23. The van der Waals surface area contributed by atoms with Gasteiger partial charge in [-0.2, -0.15) is 0 Å². The maximum atomic E-state index is 12.0. The van der Waals surface area contributed by atoms with Crippen LogP contribution in [0, 0.1) is 0 Å². The highest BCUT2D eigenvalue weighted by molar-refractivity contribution is 7.45. The average Bonchev–Trinajstić information content (AvgIpc) is 2.76. The largest absolute Gasteiger partial charge is 0.756 e. The van der Waals surface area contributed by atoms with Gasteiger partial charge in [0, 0.05) is 13.0 Å². The Morgan fingerprint density at radius 3 is 1.82 bits per heavy atom. The molecule has 0 aromatic heterocycles. The summed E-state index contributed by atoms with van der Waals surface area (Å²) < 4.78 is 33.3. The lowest BCUT2D eigenvalue weighted by atomic mass is 10.1. The van der Waals surface area contributed by atoms with E-state index in [0.717, 1.165) is 12.8 Å². The molecule has 0 saturated heterocycles. The summed E-state index contributed by atoms with van der Waals surface area (Å²) in [5.74, 6) is -0.422. The molecule has 0 bridgehead atoms. The van der Waals surface area contributed by atoms with E-state index in [0.29, 0.717) is 17.6 Å². The third-order valence-corrected chi connectivity index (χ3v) is 6.43. The van der Waals surface area contributed by atoms with Crippen molar-refractivity contribution in [1.82, 2.24) is 0 Å². The molecule has 0 amide bonds. The molecule has 0 saturated carbocycles. The molecule has 0 spiro atoms. The summed E-state index contributed by atoms with van der Waals surface area (Å²) in [5.41, 5.74) is 0. The first-order chi connectivity index (χ1) is 16.1. The van der Waals surface area contributed by atoms with Crippen LogP contribution >= 0.6 is 7.82 Å². The van der Waals surface area contributed by atoms with Gasteiger partial charge in [-0.3, -0.25) is 9.36 Å². The van der Waals surface area contributed by atoms with Crippen LogP contribution in [0.4, 0.5) is 0 Å². The lowest BCUT2D eigenvalue weighted by Crippen LogP contribution is -2.37. The number of likely N-dealkylation sites (N-methyl/N-ethyl adjacent to an activating group) is 1. The molecule has 2 atom stereocenters. The van der Waals surface area contributed by atoms with Crippen LogP contribution in [0.25, 0.3) is 0 Å². The highest BCUT2D eigenvalue weighted by Crippen LogP contribution is 2.38. The first kappa shape index (κ1) is 33.5. The molecule has 0 N–H and O–H groups in total. The zero-order valence-electron chi connectivity index (χ0n) is 22.6. The van der Waals surface area contributed by atoms with Crippen molar-refractivity contribution in [2.75, 3.05) is 54.1 Å². The van der Waals surface area contributed by atoms with Gasteiger partial charge in [0.15, 0.2) is 0 Å². The quantitative estimate of drug-likeness (QED) is 0.0761. The Balaban J connectivity index is 3.96. The number of carbonyl (C=O) groups is 1. The van der Waals surface area contributed by atoms with E-state index in [1.165, 1.54) is 64.2 Å². The molecule has 0 aromatic rings. The number of esters is 1. The average molecular weight is 510 g/mol. The van der Waals surface area contributed by atoms with Gasteiger partial charge < -0.3 is 27.9 Å². The zero-order chi connectivity index (χ0) is 25.7. The van der Waals surface area contributed by atoms with Crippen LogP contribution in [-0.2, 0) is 27.9 Å². The summed E-state index contributed by atoms with van der Waals surface area (Å²) >= 11 is 0. The van der Waals surface area contributed by atoms with Crippen LogP contribution in [0.2, 0.25) is 0 Å². The van der Waals surface area contributed by atoms with Gasteiger partial charge in [-0.05, 0) is 6.42 Å². The van der Waals surface area contributed by atoms with Crippen molar-refractivity contribution in [3.63, 3.8) is 0 Å². The zero-order valence-corrected chi connectivity index (χ0v) is 23.5. The number of ether oxygens (including phenoxy) is 2. The Morgan fingerprint density at radius 1 is 0.794 bits per heavy atom. The van der Waals surface area contributed by atoms with E-state index in [9.17, 15) is 14.3 Å². The second kappa shape index (κ2) is 20.7. The minimum atomic E-state index is -4.46. The normalized spacial score (nSPS) is 14.6. The SMILES string of the molecule is CCCCCCCCCCCCCCOCC(COP(=O)([O-])OCC[N+](C)(C)C)OC(=O)CC. The fourth-order valence-electron chi connectivity index (χ4n) is 3.28. The van der Waals surface area contributed by atoms with Crippen molar-refractivity contribution in [1.29, 1.82) is 0 Å². The Labute approximate surface area is 208 Å². The third-order valence-electron chi connectivity index (χ3n) is 5.46. The molecule has 9 heteroatoms. The lowest BCUT2D eigenvalue weighted by molar-refractivity contribution is -0.870. The fourth-order valence-corrected chi connectivity index (χ4v) is 4.01. The van der Waals surface area contributed by atoms with Gasteiger partial charge in [-0.25, -0.2) is 0 Å². The van der Waals surface area contributed by atoms with Crippen LogP contribution < -0.4 is 4.89 Å². The maximum absolute atomic E-state index is 12.0. The first-order valence-electron chi connectivity index (χ1n) is 13.3. The van der Waals surface area contributed by atoms with E-state index >= 15 is 0 Å². The second-order valence-electron chi connectivity index (χ2n) is 10.0. The number of carbonyl (C=O) groups excluding carboxylic acids is 1. The Hall–Kier alpha value is -0.500. The molecule has 204 valence electrons. The van der Waals surface area contributed by atoms with Crippen molar-refractivity contribution in [3.05, 3.63) is 0 Å². The molecule has 8 nitrogen and oxygen atoms in total. The highest BCUT2D eigenvalue weighted by atomic mass is 31.2. The first-order valence-corrected chi connectivity index (χ1v) is 14.7. The van der Waals surface area contributed by atoms with E-state index in [1.807, 2.05) is 21.1 Å². The van der Waals surface area contributed by atoms with E-state index in [1.54, 1.807) is 6.92 Å². The van der Waals surface area contributed by atoms with E-state index < -0.39 is 19.9 Å². The van der Waals surface area contributed by atoms with Crippen molar-refractivity contribution >= 4 is 13.8 Å². The van der Waals surface area contributed by atoms with Crippen molar-refractivity contribution < 1.29 is 37.3 Å². The molecular weight excluding hydrogens is 457 g/mol.